The number of benzene rings is 1. The van der Waals surface area contributed by atoms with Crippen LogP contribution in [0.5, 0.6) is 0 Å². The third kappa shape index (κ3) is 5.39. The van der Waals surface area contributed by atoms with E-state index in [1.165, 1.54) is 42.3 Å². The van der Waals surface area contributed by atoms with E-state index in [2.05, 4.69) is 22.1 Å². The first-order valence-electron chi connectivity index (χ1n) is 9.40. The topological polar surface area (TPSA) is 86.1 Å². The van der Waals surface area contributed by atoms with E-state index in [0.29, 0.717) is 33.7 Å². The zero-order valence-electron chi connectivity index (χ0n) is 17.1. The number of hydrogen-bond acceptors (Lipinski definition) is 7. The highest BCUT2D eigenvalue weighted by atomic mass is 32.2. The summed E-state index contributed by atoms with van der Waals surface area (Å²) in [4.78, 5) is 25.5. The summed E-state index contributed by atoms with van der Waals surface area (Å²) in [5.41, 5.74) is 1.05. The highest BCUT2D eigenvalue weighted by Gasteiger charge is 2.19. The minimum absolute atomic E-state index is 0.0681. The molecule has 1 aromatic carbocycles. The van der Waals surface area contributed by atoms with Gasteiger partial charge in [-0.1, -0.05) is 24.8 Å². The van der Waals surface area contributed by atoms with Gasteiger partial charge in [-0.15, -0.1) is 28.1 Å². The van der Waals surface area contributed by atoms with Crippen LogP contribution >= 0.6 is 23.1 Å². The normalized spacial score (nSPS) is 10.7. The van der Waals surface area contributed by atoms with Gasteiger partial charge in [0.2, 0.25) is 5.91 Å². The first kappa shape index (κ1) is 22.7. The van der Waals surface area contributed by atoms with E-state index in [9.17, 15) is 14.0 Å². The van der Waals surface area contributed by atoms with Gasteiger partial charge in [0.1, 0.15) is 10.8 Å². The van der Waals surface area contributed by atoms with Crippen molar-refractivity contribution < 1.29 is 18.7 Å². The van der Waals surface area contributed by atoms with Gasteiger partial charge in [0.05, 0.1) is 18.4 Å². The number of nitrogens with zero attached hydrogens (tertiary/aromatic N) is 3. The Morgan fingerprint density at radius 2 is 2.06 bits per heavy atom. The zero-order chi connectivity index (χ0) is 22.4. The fraction of sp³-hybridized carbons (Fsp3) is 0.238. The number of thioether (sulfide) groups is 1. The number of hydrogen-bond donors (Lipinski definition) is 1. The third-order valence-electron chi connectivity index (χ3n) is 4.25. The highest BCUT2D eigenvalue weighted by molar-refractivity contribution is 7.99. The van der Waals surface area contributed by atoms with Gasteiger partial charge in [-0.3, -0.25) is 9.36 Å². The minimum atomic E-state index is -0.492. The molecule has 3 aromatic rings. The Bertz CT molecular complexity index is 1090. The van der Waals surface area contributed by atoms with Crippen LogP contribution in [0.3, 0.4) is 0 Å². The zero-order valence-corrected chi connectivity index (χ0v) is 18.7. The van der Waals surface area contributed by atoms with Crippen LogP contribution in [0.25, 0.3) is 11.4 Å². The van der Waals surface area contributed by atoms with Crippen molar-refractivity contribution in [3.63, 3.8) is 0 Å². The number of amides is 1. The summed E-state index contributed by atoms with van der Waals surface area (Å²) in [5, 5.41) is 12.1. The van der Waals surface area contributed by atoms with Crippen LogP contribution in [0.1, 0.15) is 22.2 Å². The largest absolute Gasteiger partial charge is 0.465 e. The van der Waals surface area contributed by atoms with E-state index in [0.717, 1.165) is 11.3 Å². The Labute approximate surface area is 187 Å². The number of halogens is 1. The first-order valence-corrected chi connectivity index (χ1v) is 11.2. The van der Waals surface area contributed by atoms with Crippen LogP contribution in [0.2, 0.25) is 0 Å². The lowest BCUT2D eigenvalue weighted by Crippen LogP contribution is -2.16. The molecule has 0 saturated carbocycles. The quantitative estimate of drug-likeness (QED) is 0.289. The maximum absolute atomic E-state index is 13.2. The highest BCUT2D eigenvalue weighted by Crippen LogP contribution is 2.30. The Kier molecular flexibility index (Phi) is 7.59. The standard InChI is InChI=1S/C21H21FN4O3S2/c1-4-10-26-18(13-6-8-14(22)9-7-13)24-25-21(26)30-12-17(27)23-19-16(20(28)29-3)11-15(5-2)31-19/h4,6-9,11H,1,5,10,12H2,2-3H3,(H,23,27). The molecule has 3 rings (SSSR count). The summed E-state index contributed by atoms with van der Waals surface area (Å²) in [6, 6.07) is 7.68. The number of carbonyl (C=O) groups excluding carboxylic acids is 2. The number of methoxy groups -OCH3 is 1. The van der Waals surface area contributed by atoms with Gasteiger partial charge < -0.3 is 10.1 Å². The summed E-state index contributed by atoms with van der Waals surface area (Å²) < 4.78 is 19.8. The number of thiophene rings is 1. The van der Waals surface area contributed by atoms with Gasteiger partial charge in [0.15, 0.2) is 11.0 Å². The first-order chi connectivity index (χ1) is 15.0. The van der Waals surface area contributed by atoms with Crippen molar-refractivity contribution in [3.05, 3.63) is 59.2 Å². The molecule has 0 spiro atoms. The Hall–Kier alpha value is -2.98. The van der Waals surface area contributed by atoms with Crippen molar-refractivity contribution in [2.24, 2.45) is 0 Å². The minimum Gasteiger partial charge on any atom is -0.465 e. The lowest BCUT2D eigenvalue weighted by atomic mass is 10.2. The average molecular weight is 461 g/mol. The number of esters is 1. The summed E-state index contributed by atoms with van der Waals surface area (Å²) in [5.74, 6) is -0.485. The molecule has 0 bridgehead atoms. The lowest BCUT2D eigenvalue weighted by Gasteiger charge is -2.08. The number of nitrogens with one attached hydrogen (secondary N) is 1. The molecule has 2 aromatic heterocycles. The second kappa shape index (κ2) is 10.4. The Morgan fingerprint density at radius 1 is 1.32 bits per heavy atom. The van der Waals surface area contributed by atoms with Gasteiger partial charge in [-0.25, -0.2) is 9.18 Å². The smallest absolute Gasteiger partial charge is 0.340 e. The number of anilines is 1. The van der Waals surface area contributed by atoms with Crippen molar-refractivity contribution in [1.29, 1.82) is 0 Å². The van der Waals surface area contributed by atoms with E-state index >= 15 is 0 Å². The fourth-order valence-corrected chi connectivity index (χ4v) is 4.51. The van der Waals surface area contributed by atoms with Gasteiger partial charge >= 0.3 is 5.97 Å². The second-order valence-corrected chi connectivity index (χ2v) is 8.43. The molecule has 0 fully saturated rings. The maximum atomic E-state index is 13.2. The summed E-state index contributed by atoms with van der Waals surface area (Å²) in [7, 11) is 1.30. The van der Waals surface area contributed by atoms with E-state index in [-0.39, 0.29) is 17.5 Å². The molecule has 10 heteroatoms. The number of aryl methyl sites for hydroxylation is 1. The summed E-state index contributed by atoms with van der Waals surface area (Å²) >= 11 is 2.56. The molecule has 0 aliphatic carbocycles. The SMILES string of the molecule is C=CCn1c(SCC(=O)Nc2sc(CC)cc2C(=O)OC)nnc1-c1ccc(F)cc1. The van der Waals surface area contributed by atoms with Crippen molar-refractivity contribution in [3.8, 4) is 11.4 Å². The third-order valence-corrected chi connectivity index (χ3v) is 6.41. The molecular formula is C21H21FN4O3S2. The molecule has 0 atom stereocenters. The van der Waals surface area contributed by atoms with Gasteiger partial charge in [0.25, 0.3) is 0 Å². The van der Waals surface area contributed by atoms with Crippen molar-refractivity contribution in [2.45, 2.75) is 25.0 Å². The Morgan fingerprint density at radius 3 is 2.71 bits per heavy atom. The van der Waals surface area contributed by atoms with Crippen LogP contribution in [-0.4, -0.2) is 39.5 Å². The van der Waals surface area contributed by atoms with E-state index < -0.39 is 5.97 Å². The average Bonchev–Trinajstić information content (AvgIpc) is 3.36. The van der Waals surface area contributed by atoms with Crippen molar-refractivity contribution in [1.82, 2.24) is 14.8 Å². The predicted octanol–water partition coefficient (Wildman–Crippen LogP) is 4.41. The van der Waals surface area contributed by atoms with Gasteiger partial charge in [-0.05, 0) is 36.8 Å². The van der Waals surface area contributed by atoms with Crippen molar-refractivity contribution in [2.75, 3.05) is 18.2 Å². The van der Waals surface area contributed by atoms with Crippen LogP contribution in [0, 0.1) is 5.82 Å². The molecule has 1 amide bonds. The molecule has 0 radical (unpaired) electrons. The predicted molar refractivity (Wildman–Crippen MR) is 120 cm³/mol. The van der Waals surface area contributed by atoms with E-state index in [1.807, 2.05) is 6.92 Å². The monoisotopic (exact) mass is 460 g/mol. The molecule has 0 unspecified atom stereocenters. The van der Waals surface area contributed by atoms with Crippen LogP contribution in [0.15, 0.2) is 48.1 Å². The molecule has 1 N–H and O–H groups in total. The van der Waals surface area contributed by atoms with Crippen molar-refractivity contribution >= 4 is 40.0 Å². The number of allylic oxidation sites excluding steroid dienone is 1. The van der Waals surface area contributed by atoms with Crippen LogP contribution in [-0.2, 0) is 22.5 Å². The molecular weight excluding hydrogens is 439 g/mol. The number of carbonyl (C=O) groups is 2. The number of aromatic nitrogens is 3. The van der Waals surface area contributed by atoms with Crippen LogP contribution in [0.4, 0.5) is 9.39 Å². The molecule has 31 heavy (non-hydrogen) atoms. The molecule has 0 aliphatic heterocycles. The fourth-order valence-electron chi connectivity index (χ4n) is 2.77. The Balaban J connectivity index is 1.73. The molecule has 0 aliphatic rings. The summed E-state index contributed by atoms with van der Waals surface area (Å²) in [6.07, 6.45) is 2.44. The van der Waals surface area contributed by atoms with Gasteiger partial charge in [-0.2, -0.15) is 0 Å². The van der Waals surface area contributed by atoms with E-state index in [1.54, 1.807) is 28.8 Å². The van der Waals surface area contributed by atoms with Crippen LogP contribution < -0.4 is 5.32 Å². The molecule has 0 saturated heterocycles. The second-order valence-electron chi connectivity index (χ2n) is 6.35. The maximum Gasteiger partial charge on any atom is 0.340 e. The molecule has 7 nitrogen and oxygen atoms in total. The number of rotatable bonds is 9. The molecule has 2 heterocycles. The molecule has 162 valence electrons. The van der Waals surface area contributed by atoms with E-state index in [4.69, 9.17) is 4.74 Å². The number of ether oxygens (including phenoxy) is 1. The lowest BCUT2D eigenvalue weighted by molar-refractivity contribution is -0.113. The van der Waals surface area contributed by atoms with Gasteiger partial charge in [0, 0.05) is 17.0 Å². The summed E-state index contributed by atoms with van der Waals surface area (Å²) in [6.45, 7) is 6.16.